The highest BCUT2D eigenvalue weighted by atomic mass is 19.4. The van der Waals surface area contributed by atoms with Crippen molar-refractivity contribution in [2.75, 3.05) is 0 Å². The molecule has 0 amide bonds. The van der Waals surface area contributed by atoms with E-state index in [2.05, 4.69) is 4.98 Å². The lowest BCUT2D eigenvalue weighted by Crippen LogP contribution is -2.11. The van der Waals surface area contributed by atoms with Gasteiger partial charge in [-0.15, -0.1) is 0 Å². The van der Waals surface area contributed by atoms with Gasteiger partial charge in [-0.05, 0) is 0 Å². The molecule has 0 unspecified atom stereocenters. The first-order valence-corrected chi connectivity index (χ1v) is 11.7. The van der Waals surface area contributed by atoms with Gasteiger partial charge in [0.05, 0.1) is 39.6 Å². The van der Waals surface area contributed by atoms with E-state index in [0.29, 0.717) is 0 Å². The molecule has 18 heteroatoms. The second kappa shape index (κ2) is 11.7. The van der Waals surface area contributed by atoms with Crippen LogP contribution in [0.15, 0.2) is 29.1 Å². The summed E-state index contributed by atoms with van der Waals surface area (Å²) in [5.74, 6) is -21.6. The summed E-state index contributed by atoms with van der Waals surface area (Å²) in [4.78, 5) is 2.99. The summed E-state index contributed by atoms with van der Waals surface area (Å²) >= 11 is 0. The molecule has 0 radical (unpaired) electrons. The topological polar surface area (TPSA) is 132 Å². The zero-order chi connectivity index (χ0) is 35.3. The number of allylic oxidation sites excluding steroid dienone is 6. The van der Waals surface area contributed by atoms with Gasteiger partial charge in [-0.1, -0.05) is 0 Å². The second-order valence-corrected chi connectivity index (χ2v) is 8.86. The smallest absolute Gasteiger partial charge is 0.261 e. The molecule has 1 saturated carbocycles. The van der Waals surface area contributed by atoms with Crippen molar-refractivity contribution in [3.8, 4) is 30.3 Å². The largest absolute Gasteiger partial charge is 0.418 e. The average molecular weight is 662 g/mol. The third-order valence-electron chi connectivity index (χ3n) is 6.48. The minimum atomic E-state index is -5.53. The third kappa shape index (κ3) is 4.97. The minimum absolute atomic E-state index is 0.0166. The number of nitriles is 5. The van der Waals surface area contributed by atoms with Crippen molar-refractivity contribution in [3.05, 3.63) is 115 Å². The number of aromatic nitrogens is 1. The monoisotopic (exact) mass is 662 g/mol. The molecule has 4 rings (SSSR count). The quantitative estimate of drug-likeness (QED) is 0.164. The maximum absolute atomic E-state index is 15.0. The fourth-order valence-electron chi connectivity index (χ4n) is 4.45. The Bertz CT molecular complexity index is 2110. The minimum Gasteiger partial charge on any atom is -0.261 e. The van der Waals surface area contributed by atoms with Gasteiger partial charge >= 0.3 is 6.18 Å². The molecule has 232 valence electrons. The Morgan fingerprint density at radius 1 is 0.489 bits per heavy atom. The number of pyridine rings is 1. The van der Waals surface area contributed by atoms with Crippen LogP contribution < -0.4 is 0 Å². The Kier molecular flexibility index (Phi) is 8.32. The van der Waals surface area contributed by atoms with Crippen LogP contribution in [-0.2, 0) is 6.18 Å². The van der Waals surface area contributed by atoms with Gasteiger partial charge in [-0.2, -0.15) is 39.5 Å². The summed E-state index contributed by atoms with van der Waals surface area (Å²) in [7, 11) is 0. The lowest BCUT2D eigenvalue weighted by molar-refractivity contribution is -0.138. The lowest BCUT2D eigenvalue weighted by atomic mass is 9.98. The molecule has 1 aromatic heterocycles. The van der Waals surface area contributed by atoms with E-state index in [4.69, 9.17) is 10.5 Å². The van der Waals surface area contributed by atoms with E-state index in [-0.39, 0.29) is 12.4 Å². The molecule has 0 aliphatic heterocycles. The Morgan fingerprint density at radius 3 is 1.09 bits per heavy atom. The first kappa shape index (κ1) is 33.3. The molecule has 0 saturated heterocycles. The highest BCUT2D eigenvalue weighted by Crippen LogP contribution is 2.57. The van der Waals surface area contributed by atoms with Crippen LogP contribution in [0.1, 0.15) is 33.4 Å². The van der Waals surface area contributed by atoms with Crippen molar-refractivity contribution in [3.63, 3.8) is 0 Å². The Balaban J connectivity index is 2.36. The summed E-state index contributed by atoms with van der Waals surface area (Å²) in [6.45, 7) is 0. The van der Waals surface area contributed by atoms with Gasteiger partial charge in [0, 0.05) is 28.5 Å². The number of rotatable bonds is 3. The number of hydrogen-bond acceptors (Lipinski definition) is 6. The van der Waals surface area contributed by atoms with Crippen molar-refractivity contribution in [2.45, 2.75) is 6.18 Å². The number of hydrogen-bond donors (Lipinski definition) is 0. The van der Waals surface area contributed by atoms with Crippen molar-refractivity contribution in [1.29, 1.82) is 26.3 Å². The van der Waals surface area contributed by atoms with Gasteiger partial charge in [0.15, 0.2) is 52.4 Å². The lowest BCUT2D eigenvalue weighted by Gasteiger charge is -2.12. The molecule has 1 heterocycles. The maximum Gasteiger partial charge on any atom is 0.418 e. The van der Waals surface area contributed by atoms with Crippen LogP contribution in [0.25, 0.3) is 16.7 Å². The Morgan fingerprint density at radius 2 is 0.809 bits per heavy atom. The highest BCUT2D eigenvalue weighted by Gasteiger charge is 2.47. The van der Waals surface area contributed by atoms with E-state index in [1.54, 1.807) is 0 Å². The third-order valence-corrected chi connectivity index (χ3v) is 6.48. The van der Waals surface area contributed by atoms with Gasteiger partial charge in [0.25, 0.3) is 0 Å². The molecule has 1 fully saturated rings. The Labute approximate surface area is 252 Å². The predicted molar refractivity (Wildman–Crippen MR) is 129 cm³/mol. The van der Waals surface area contributed by atoms with E-state index in [9.17, 15) is 50.9 Å². The molecule has 6 nitrogen and oxygen atoms in total. The van der Waals surface area contributed by atoms with E-state index < -0.39 is 125 Å². The SMILES string of the molecule is N#CC(=C1C(=C(\C#N)c2c(F)cncc2C(F)(F)F)/C1=C(\C#N)c1c(F)c(F)c(C#N)c(F)c1F)c1c(F)c(F)c(C#N)c(F)c1F. The maximum atomic E-state index is 15.0. The highest BCUT2D eigenvalue weighted by molar-refractivity contribution is 6.12. The molecule has 2 aromatic carbocycles. The molecule has 0 atom stereocenters. The molecule has 0 spiro atoms. The van der Waals surface area contributed by atoms with Crippen LogP contribution in [0.3, 0.4) is 0 Å². The van der Waals surface area contributed by atoms with Crippen molar-refractivity contribution in [1.82, 2.24) is 4.98 Å². The molecule has 3 aromatic rings. The number of halogens is 12. The van der Waals surface area contributed by atoms with Crippen LogP contribution in [0.5, 0.6) is 0 Å². The van der Waals surface area contributed by atoms with E-state index in [1.807, 2.05) is 0 Å². The summed E-state index contributed by atoms with van der Waals surface area (Å²) in [5, 5.41) is 47.1. The van der Waals surface area contributed by atoms with Crippen LogP contribution in [0.2, 0.25) is 0 Å². The summed E-state index contributed by atoms with van der Waals surface area (Å²) in [6, 6.07) is 4.62. The van der Waals surface area contributed by atoms with E-state index >= 15 is 17.6 Å². The van der Waals surface area contributed by atoms with Gasteiger partial charge in [-0.3, -0.25) is 4.98 Å². The first-order valence-electron chi connectivity index (χ1n) is 11.7. The normalized spacial score (nSPS) is 15.5. The zero-order valence-electron chi connectivity index (χ0n) is 21.9. The average Bonchev–Trinajstić information content (AvgIpc) is 3.74. The number of alkyl halides is 3. The molecular formula is C29H2F12N6. The fraction of sp³-hybridized carbons (Fsp3) is 0.0345. The second-order valence-electron chi connectivity index (χ2n) is 8.86. The first-order chi connectivity index (χ1) is 22.0. The van der Waals surface area contributed by atoms with E-state index in [0.717, 1.165) is 30.3 Å². The number of benzene rings is 2. The molecule has 1 aliphatic carbocycles. The van der Waals surface area contributed by atoms with Crippen LogP contribution >= 0.6 is 0 Å². The van der Waals surface area contributed by atoms with Gasteiger partial charge < -0.3 is 0 Å². The van der Waals surface area contributed by atoms with Crippen LogP contribution in [0.4, 0.5) is 52.7 Å². The molecule has 1 aliphatic rings. The van der Waals surface area contributed by atoms with Crippen molar-refractivity contribution >= 4 is 16.7 Å². The molecule has 0 bridgehead atoms. The standard InChI is InChI=1S/C29H2F12N6/c30-14-7-47-6-13(29(39,40)41)15(14)8(1-42)16-17(9(2-43)19-25(35)21(31)11(4-45)22(32)26(19)36)18(16)10(3-44)20-27(37)23(33)12(5-46)24(34)28(20)38/h6-7H/b16-8-,17-9?,18-10-. The van der Waals surface area contributed by atoms with Crippen molar-refractivity contribution in [2.24, 2.45) is 0 Å². The Hall–Kier alpha value is -6.58. The predicted octanol–water partition coefficient (Wildman–Crippen LogP) is 7.34. The zero-order valence-corrected chi connectivity index (χ0v) is 21.9. The van der Waals surface area contributed by atoms with Gasteiger partial charge in [0.2, 0.25) is 0 Å². The van der Waals surface area contributed by atoms with Crippen LogP contribution in [0, 0.1) is 109 Å². The summed E-state index contributed by atoms with van der Waals surface area (Å²) in [5.41, 5.74) is -20.5. The van der Waals surface area contributed by atoms with Crippen molar-refractivity contribution < 1.29 is 52.7 Å². The summed E-state index contributed by atoms with van der Waals surface area (Å²) < 4.78 is 175. The fourth-order valence-corrected chi connectivity index (χ4v) is 4.45. The summed E-state index contributed by atoms with van der Waals surface area (Å²) in [6.07, 6.45) is -5.41. The van der Waals surface area contributed by atoms with E-state index in [1.165, 1.54) is 0 Å². The number of nitrogens with zero attached hydrogens (tertiary/aromatic N) is 6. The molecule has 0 N–H and O–H groups in total. The molecular weight excluding hydrogens is 660 g/mol. The van der Waals surface area contributed by atoms with Gasteiger partial charge in [0.1, 0.15) is 41.5 Å². The van der Waals surface area contributed by atoms with Crippen LogP contribution in [-0.4, -0.2) is 4.98 Å². The molecule has 47 heavy (non-hydrogen) atoms. The van der Waals surface area contributed by atoms with Gasteiger partial charge in [-0.25, -0.2) is 39.5 Å².